The van der Waals surface area contributed by atoms with Crippen molar-refractivity contribution in [2.75, 3.05) is 20.3 Å². The number of rotatable bonds is 7. The van der Waals surface area contributed by atoms with Crippen molar-refractivity contribution in [3.05, 3.63) is 53.6 Å². The summed E-state index contributed by atoms with van der Waals surface area (Å²) in [6, 6.07) is 12.0. The lowest BCUT2D eigenvalue weighted by molar-refractivity contribution is -0.0512. The van der Waals surface area contributed by atoms with Crippen molar-refractivity contribution in [2.24, 2.45) is 0 Å². The number of nitrogens with zero attached hydrogens (tertiary/aromatic N) is 1. The Labute approximate surface area is 162 Å². The van der Waals surface area contributed by atoms with Crippen LogP contribution in [0.1, 0.15) is 41.7 Å². The first-order chi connectivity index (χ1) is 13.5. The normalized spacial score (nSPS) is 16.3. The summed E-state index contributed by atoms with van der Waals surface area (Å²) in [6.45, 7) is 0.121. The Balaban J connectivity index is 1.82. The fourth-order valence-electron chi connectivity index (χ4n) is 3.47. The smallest absolute Gasteiger partial charge is 0.387 e. The summed E-state index contributed by atoms with van der Waals surface area (Å²) in [7, 11) is 1.36. The van der Waals surface area contributed by atoms with E-state index in [4.69, 9.17) is 9.47 Å². The second-order valence-electron chi connectivity index (χ2n) is 6.40. The fraction of sp³-hybridized carbons (Fsp3) is 0.381. The zero-order chi connectivity index (χ0) is 20.1. The van der Waals surface area contributed by atoms with Crippen molar-refractivity contribution in [3.8, 4) is 17.2 Å². The van der Waals surface area contributed by atoms with E-state index in [1.807, 2.05) is 31.2 Å². The molecular formula is C21H23F2NO4. The van der Waals surface area contributed by atoms with Gasteiger partial charge in [0, 0.05) is 12.1 Å². The number of carbonyl (C=O) groups is 1. The van der Waals surface area contributed by atoms with Gasteiger partial charge in [0.15, 0.2) is 11.5 Å². The average Bonchev–Trinajstić information content (AvgIpc) is 3.17. The van der Waals surface area contributed by atoms with Crippen molar-refractivity contribution < 1.29 is 27.8 Å². The number of ether oxygens (including phenoxy) is 3. The van der Waals surface area contributed by atoms with Crippen molar-refractivity contribution in [1.82, 2.24) is 4.90 Å². The highest BCUT2D eigenvalue weighted by molar-refractivity contribution is 5.95. The standard InChI is InChI=1S/C21H23F2NO4/c1-3-27-16-9-6-14(7-10-16)17-5-4-12-24(17)20(25)15-8-11-18(26-2)19(13-15)28-21(22)23/h6-11,13,17,21H,3-5,12H2,1-2H3. The maximum atomic E-state index is 13.1. The van der Waals surface area contributed by atoms with Crippen LogP contribution in [-0.4, -0.2) is 37.7 Å². The molecular weight excluding hydrogens is 368 g/mol. The molecule has 0 aromatic heterocycles. The van der Waals surface area contributed by atoms with Gasteiger partial charge in [0.2, 0.25) is 0 Å². The van der Waals surface area contributed by atoms with Gasteiger partial charge < -0.3 is 19.1 Å². The van der Waals surface area contributed by atoms with Crippen LogP contribution < -0.4 is 14.2 Å². The van der Waals surface area contributed by atoms with Crippen LogP contribution in [0, 0.1) is 0 Å². The first-order valence-corrected chi connectivity index (χ1v) is 9.20. The van der Waals surface area contributed by atoms with Crippen molar-refractivity contribution in [3.63, 3.8) is 0 Å². The summed E-state index contributed by atoms with van der Waals surface area (Å²) >= 11 is 0. The van der Waals surface area contributed by atoms with Gasteiger partial charge in [-0.05, 0) is 55.7 Å². The molecule has 1 heterocycles. The first-order valence-electron chi connectivity index (χ1n) is 9.20. The summed E-state index contributed by atoms with van der Waals surface area (Å²) in [5.74, 6) is 0.561. The molecule has 1 amide bonds. The van der Waals surface area contributed by atoms with Crippen LogP contribution in [0.2, 0.25) is 0 Å². The van der Waals surface area contributed by atoms with Crippen LogP contribution >= 0.6 is 0 Å². The molecule has 0 aliphatic carbocycles. The van der Waals surface area contributed by atoms with Crippen LogP contribution in [0.5, 0.6) is 17.2 Å². The maximum Gasteiger partial charge on any atom is 0.387 e. The monoisotopic (exact) mass is 391 g/mol. The molecule has 1 aliphatic heterocycles. The maximum absolute atomic E-state index is 13.1. The van der Waals surface area contributed by atoms with Crippen molar-refractivity contribution >= 4 is 5.91 Å². The van der Waals surface area contributed by atoms with Crippen LogP contribution in [0.25, 0.3) is 0 Å². The van der Waals surface area contributed by atoms with E-state index in [-0.39, 0.29) is 29.0 Å². The molecule has 0 N–H and O–H groups in total. The number of carbonyl (C=O) groups excluding carboxylic acids is 1. The summed E-state index contributed by atoms with van der Waals surface area (Å²) < 4.78 is 40.3. The van der Waals surface area contributed by atoms with Crippen LogP contribution in [0.15, 0.2) is 42.5 Å². The predicted molar refractivity (Wildman–Crippen MR) is 100 cm³/mol. The zero-order valence-corrected chi connectivity index (χ0v) is 15.9. The molecule has 0 spiro atoms. The molecule has 0 bridgehead atoms. The van der Waals surface area contributed by atoms with E-state index in [9.17, 15) is 13.6 Å². The molecule has 5 nitrogen and oxygen atoms in total. The number of halogens is 2. The Morgan fingerprint density at radius 1 is 1.18 bits per heavy atom. The second kappa shape index (κ2) is 8.91. The molecule has 1 atom stereocenters. The molecule has 7 heteroatoms. The lowest BCUT2D eigenvalue weighted by Crippen LogP contribution is -2.30. The third kappa shape index (κ3) is 4.35. The van der Waals surface area contributed by atoms with Gasteiger partial charge in [0.1, 0.15) is 5.75 Å². The van der Waals surface area contributed by atoms with E-state index in [0.717, 1.165) is 24.2 Å². The average molecular weight is 391 g/mol. The highest BCUT2D eigenvalue weighted by Gasteiger charge is 2.31. The Hall–Kier alpha value is -2.83. The molecule has 2 aromatic rings. The second-order valence-corrected chi connectivity index (χ2v) is 6.40. The number of benzene rings is 2. The van der Waals surface area contributed by atoms with E-state index in [0.29, 0.717) is 13.2 Å². The topological polar surface area (TPSA) is 48.0 Å². The van der Waals surface area contributed by atoms with Gasteiger partial charge in [-0.25, -0.2) is 0 Å². The zero-order valence-electron chi connectivity index (χ0n) is 15.9. The summed E-state index contributed by atoms with van der Waals surface area (Å²) in [5, 5.41) is 0. The molecule has 1 saturated heterocycles. The van der Waals surface area contributed by atoms with E-state index >= 15 is 0 Å². The largest absolute Gasteiger partial charge is 0.494 e. The van der Waals surface area contributed by atoms with Gasteiger partial charge in [-0.2, -0.15) is 8.78 Å². The molecule has 2 aromatic carbocycles. The number of hydrogen-bond acceptors (Lipinski definition) is 4. The third-order valence-electron chi connectivity index (χ3n) is 4.72. The fourth-order valence-corrected chi connectivity index (χ4v) is 3.47. The van der Waals surface area contributed by atoms with E-state index < -0.39 is 6.61 Å². The lowest BCUT2D eigenvalue weighted by Gasteiger charge is -2.25. The van der Waals surface area contributed by atoms with Gasteiger partial charge in [-0.3, -0.25) is 4.79 Å². The quantitative estimate of drug-likeness (QED) is 0.688. The van der Waals surface area contributed by atoms with Crippen LogP contribution in [0.3, 0.4) is 0 Å². The molecule has 3 rings (SSSR count). The Bertz CT molecular complexity index is 811. The number of methoxy groups -OCH3 is 1. The molecule has 0 radical (unpaired) electrons. The van der Waals surface area contributed by atoms with Gasteiger partial charge in [-0.1, -0.05) is 12.1 Å². The summed E-state index contributed by atoms with van der Waals surface area (Å²) in [5.41, 5.74) is 1.31. The Morgan fingerprint density at radius 2 is 1.93 bits per heavy atom. The molecule has 28 heavy (non-hydrogen) atoms. The highest BCUT2D eigenvalue weighted by atomic mass is 19.3. The minimum Gasteiger partial charge on any atom is -0.494 e. The minimum atomic E-state index is -3.00. The van der Waals surface area contributed by atoms with Crippen LogP contribution in [0.4, 0.5) is 8.78 Å². The third-order valence-corrected chi connectivity index (χ3v) is 4.72. The Kier molecular flexibility index (Phi) is 6.34. The van der Waals surface area contributed by atoms with E-state index in [1.54, 1.807) is 11.0 Å². The van der Waals surface area contributed by atoms with Crippen LogP contribution in [-0.2, 0) is 0 Å². The van der Waals surface area contributed by atoms with Crippen molar-refractivity contribution in [2.45, 2.75) is 32.4 Å². The molecule has 0 saturated carbocycles. The molecule has 1 aliphatic rings. The summed E-state index contributed by atoms with van der Waals surface area (Å²) in [4.78, 5) is 14.8. The van der Waals surface area contributed by atoms with Crippen molar-refractivity contribution in [1.29, 1.82) is 0 Å². The van der Waals surface area contributed by atoms with Gasteiger partial charge in [0.05, 0.1) is 19.8 Å². The SMILES string of the molecule is CCOc1ccc(C2CCCN2C(=O)c2ccc(OC)c(OC(F)F)c2)cc1. The molecule has 1 unspecified atom stereocenters. The first kappa shape index (κ1) is 19.9. The van der Waals surface area contributed by atoms with E-state index in [2.05, 4.69) is 4.74 Å². The number of amides is 1. The number of likely N-dealkylation sites (tertiary alicyclic amines) is 1. The van der Waals surface area contributed by atoms with Gasteiger partial charge in [-0.15, -0.1) is 0 Å². The minimum absolute atomic E-state index is 0.0651. The number of hydrogen-bond donors (Lipinski definition) is 0. The Morgan fingerprint density at radius 3 is 2.57 bits per heavy atom. The van der Waals surface area contributed by atoms with Gasteiger partial charge in [0.25, 0.3) is 5.91 Å². The highest BCUT2D eigenvalue weighted by Crippen LogP contribution is 2.36. The number of alkyl halides is 2. The lowest BCUT2D eigenvalue weighted by atomic mass is 10.0. The molecule has 1 fully saturated rings. The predicted octanol–water partition coefficient (Wildman–Crippen LogP) is 4.67. The summed E-state index contributed by atoms with van der Waals surface area (Å²) in [6.07, 6.45) is 1.72. The van der Waals surface area contributed by atoms with Gasteiger partial charge >= 0.3 is 6.61 Å². The molecule has 150 valence electrons. The van der Waals surface area contributed by atoms with E-state index in [1.165, 1.54) is 19.2 Å².